The first-order valence-electron chi connectivity index (χ1n) is 7.09. The standard InChI is InChI=1S/C16H15BrF2N2O/c17-13-3-6-20-10-15(13)21-7-4-12(5-8-21)22-16-2-1-11(18)9-14(16)19/h1-3,6,9-10,12H,4-5,7-8H2. The highest BCUT2D eigenvalue weighted by molar-refractivity contribution is 9.10. The third-order valence-corrected chi connectivity index (χ3v) is 4.39. The first-order chi connectivity index (χ1) is 10.6. The Kier molecular flexibility index (Phi) is 4.57. The van der Waals surface area contributed by atoms with Gasteiger partial charge >= 0.3 is 0 Å². The molecule has 0 spiro atoms. The number of hydrogen-bond donors (Lipinski definition) is 0. The summed E-state index contributed by atoms with van der Waals surface area (Å²) in [6.07, 6.45) is 5.05. The molecule has 1 aromatic heterocycles. The lowest BCUT2D eigenvalue weighted by Gasteiger charge is -2.34. The van der Waals surface area contributed by atoms with Crippen molar-refractivity contribution in [2.75, 3.05) is 18.0 Å². The SMILES string of the molecule is Fc1ccc(OC2CCN(c3cnccc3Br)CC2)c(F)c1. The molecule has 0 saturated carbocycles. The Balaban J connectivity index is 1.61. The lowest BCUT2D eigenvalue weighted by molar-refractivity contribution is 0.163. The largest absolute Gasteiger partial charge is 0.487 e. The number of benzene rings is 1. The average molecular weight is 369 g/mol. The van der Waals surface area contributed by atoms with Crippen LogP contribution in [-0.4, -0.2) is 24.2 Å². The number of nitrogens with zero attached hydrogens (tertiary/aromatic N) is 2. The molecule has 2 heterocycles. The molecule has 0 bridgehead atoms. The van der Waals surface area contributed by atoms with Gasteiger partial charge in [0.1, 0.15) is 11.9 Å². The van der Waals surface area contributed by atoms with E-state index in [1.165, 1.54) is 12.1 Å². The lowest BCUT2D eigenvalue weighted by atomic mass is 10.1. The molecule has 1 aromatic carbocycles. The van der Waals surface area contributed by atoms with Gasteiger partial charge < -0.3 is 9.64 Å². The number of pyridine rings is 1. The van der Waals surface area contributed by atoms with Gasteiger partial charge in [0.2, 0.25) is 0 Å². The van der Waals surface area contributed by atoms with Crippen molar-refractivity contribution in [1.29, 1.82) is 0 Å². The maximum Gasteiger partial charge on any atom is 0.167 e. The van der Waals surface area contributed by atoms with E-state index in [2.05, 4.69) is 25.8 Å². The minimum Gasteiger partial charge on any atom is -0.487 e. The zero-order valence-corrected chi connectivity index (χ0v) is 13.4. The van der Waals surface area contributed by atoms with Gasteiger partial charge in [0, 0.05) is 42.7 Å². The van der Waals surface area contributed by atoms with Crippen LogP contribution in [0.3, 0.4) is 0 Å². The van der Waals surface area contributed by atoms with Gasteiger partial charge in [-0.2, -0.15) is 0 Å². The van der Waals surface area contributed by atoms with E-state index in [1.807, 2.05) is 12.3 Å². The van der Waals surface area contributed by atoms with E-state index in [4.69, 9.17) is 4.74 Å². The fourth-order valence-electron chi connectivity index (χ4n) is 2.57. The molecule has 116 valence electrons. The van der Waals surface area contributed by atoms with Gasteiger partial charge in [-0.1, -0.05) is 0 Å². The minimum atomic E-state index is -0.655. The van der Waals surface area contributed by atoms with E-state index in [-0.39, 0.29) is 11.9 Å². The fraction of sp³-hybridized carbons (Fsp3) is 0.312. The minimum absolute atomic E-state index is 0.0633. The summed E-state index contributed by atoms with van der Waals surface area (Å²) in [7, 11) is 0. The van der Waals surface area contributed by atoms with E-state index in [9.17, 15) is 8.78 Å². The monoisotopic (exact) mass is 368 g/mol. The Hall–Kier alpha value is -1.69. The molecule has 1 aliphatic rings. The normalized spacial score (nSPS) is 15.9. The van der Waals surface area contributed by atoms with Crippen LogP contribution >= 0.6 is 15.9 Å². The van der Waals surface area contributed by atoms with Crippen molar-refractivity contribution in [2.45, 2.75) is 18.9 Å². The highest BCUT2D eigenvalue weighted by Crippen LogP contribution is 2.29. The van der Waals surface area contributed by atoms with Crippen molar-refractivity contribution in [3.8, 4) is 5.75 Å². The second-order valence-electron chi connectivity index (χ2n) is 5.21. The maximum atomic E-state index is 13.6. The number of hydrogen-bond acceptors (Lipinski definition) is 3. The van der Waals surface area contributed by atoms with Crippen LogP contribution in [0.4, 0.5) is 14.5 Å². The second-order valence-corrected chi connectivity index (χ2v) is 6.06. The molecule has 1 saturated heterocycles. The van der Waals surface area contributed by atoms with Crippen LogP contribution in [0.25, 0.3) is 0 Å². The smallest absolute Gasteiger partial charge is 0.167 e. The molecule has 0 atom stereocenters. The number of halogens is 3. The Labute approximate surface area is 136 Å². The van der Waals surface area contributed by atoms with Gasteiger partial charge in [-0.05, 0) is 34.1 Å². The molecule has 1 fully saturated rings. The Morgan fingerprint density at radius 3 is 2.64 bits per heavy atom. The summed E-state index contributed by atoms with van der Waals surface area (Å²) < 4.78 is 33.2. The van der Waals surface area contributed by atoms with E-state index in [0.717, 1.165) is 42.2 Å². The molecule has 0 unspecified atom stereocenters. The van der Waals surface area contributed by atoms with Gasteiger partial charge in [-0.25, -0.2) is 8.78 Å². The molecular weight excluding hydrogens is 354 g/mol. The Morgan fingerprint density at radius 1 is 1.18 bits per heavy atom. The molecule has 3 rings (SSSR count). The quantitative estimate of drug-likeness (QED) is 0.812. The zero-order chi connectivity index (χ0) is 15.5. The van der Waals surface area contributed by atoms with Gasteiger partial charge in [-0.15, -0.1) is 0 Å². The number of piperidine rings is 1. The number of aromatic nitrogens is 1. The third kappa shape index (κ3) is 3.38. The van der Waals surface area contributed by atoms with Crippen LogP contribution in [0.5, 0.6) is 5.75 Å². The molecular formula is C16H15BrF2N2O. The maximum absolute atomic E-state index is 13.6. The van der Waals surface area contributed by atoms with Crippen molar-refractivity contribution in [3.05, 3.63) is 52.8 Å². The molecule has 6 heteroatoms. The van der Waals surface area contributed by atoms with Crippen molar-refractivity contribution >= 4 is 21.6 Å². The fourth-order valence-corrected chi connectivity index (χ4v) is 3.04. The number of ether oxygens (including phenoxy) is 1. The van der Waals surface area contributed by atoms with Gasteiger partial charge in [0.05, 0.1) is 11.9 Å². The second kappa shape index (κ2) is 6.60. The molecule has 1 aliphatic heterocycles. The van der Waals surface area contributed by atoms with Crippen LogP contribution in [0, 0.1) is 11.6 Å². The predicted molar refractivity (Wildman–Crippen MR) is 84.2 cm³/mol. The molecule has 0 radical (unpaired) electrons. The summed E-state index contributed by atoms with van der Waals surface area (Å²) in [4.78, 5) is 6.36. The molecule has 0 amide bonds. The summed E-state index contributed by atoms with van der Waals surface area (Å²) in [6.45, 7) is 1.61. The highest BCUT2D eigenvalue weighted by Gasteiger charge is 2.23. The average Bonchev–Trinajstić information content (AvgIpc) is 2.51. The van der Waals surface area contributed by atoms with Crippen LogP contribution in [0.2, 0.25) is 0 Å². The Morgan fingerprint density at radius 2 is 1.95 bits per heavy atom. The summed E-state index contributed by atoms with van der Waals surface area (Å²) in [6, 6.07) is 5.30. The zero-order valence-electron chi connectivity index (χ0n) is 11.8. The van der Waals surface area contributed by atoms with E-state index in [0.29, 0.717) is 0 Å². The summed E-state index contributed by atoms with van der Waals surface area (Å²) in [5, 5.41) is 0. The Bertz CT molecular complexity index is 660. The molecule has 22 heavy (non-hydrogen) atoms. The highest BCUT2D eigenvalue weighted by atomic mass is 79.9. The van der Waals surface area contributed by atoms with Crippen molar-refractivity contribution in [1.82, 2.24) is 4.98 Å². The van der Waals surface area contributed by atoms with Crippen molar-refractivity contribution in [3.63, 3.8) is 0 Å². The summed E-state index contributed by atoms with van der Waals surface area (Å²) in [5.41, 5.74) is 1.05. The van der Waals surface area contributed by atoms with Crippen molar-refractivity contribution < 1.29 is 13.5 Å². The number of anilines is 1. The first kappa shape index (κ1) is 15.2. The molecule has 0 aliphatic carbocycles. The molecule has 3 nitrogen and oxygen atoms in total. The first-order valence-corrected chi connectivity index (χ1v) is 7.89. The van der Waals surface area contributed by atoms with Crippen LogP contribution in [0.1, 0.15) is 12.8 Å². The van der Waals surface area contributed by atoms with Gasteiger partial charge in [0.15, 0.2) is 11.6 Å². The van der Waals surface area contributed by atoms with E-state index in [1.54, 1.807) is 6.20 Å². The van der Waals surface area contributed by atoms with Crippen molar-refractivity contribution in [2.24, 2.45) is 0 Å². The van der Waals surface area contributed by atoms with E-state index < -0.39 is 11.6 Å². The topological polar surface area (TPSA) is 25.4 Å². The van der Waals surface area contributed by atoms with Gasteiger partial charge in [0.25, 0.3) is 0 Å². The van der Waals surface area contributed by atoms with E-state index >= 15 is 0 Å². The van der Waals surface area contributed by atoms with Gasteiger partial charge in [-0.3, -0.25) is 4.98 Å². The predicted octanol–water partition coefficient (Wildman–Crippen LogP) is 4.17. The van der Waals surface area contributed by atoms with Crippen LogP contribution in [0.15, 0.2) is 41.1 Å². The number of rotatable bonds is 3. The third-order valence-electron chi connectivity index (χ3n) is 3.72. The van der Waals surface area contributed by atoms with Crippen LogP contribution < -0.4 is 9.64 Å². The van der Waals surface area contributed by atoms with Crippen LogP contribution in [-0.2, 0) is 0 Å². The molecule has 0 N–H and O–H groups in total. The summed E-state index contributed by atoms with van der Waals surface area (Å²) >= 11 is 3.52. The lowest BCUT2D eigenvalue weighted by Crippen LogP contribution is -2.38. The molecule has 2 aromatic rings. The summed E-state index contributed by atoms with van der Waals surface area (Å²) in [5.74, 6) is -1.14.